The highest BCUT2D eigenvalue weighted by atomic mass is 32.1. The van der Waals surface area contributed by atoms with E-state index in [1.54, 1.807) is 31.5 Å². The molecule has 1 N–H and O–H groups in total. The zero-order valence-corrected chi connectivity index (χ0v) is 12.6. The van der Waals surface area contributed by atoms with E-state index in [9.17, 15) is 4.79 Å². The summed E-state index contributed by atoms with van der Waals surface area (Å²) >= 11 is 1.53. The fraction of sp³-hybridized carbons (Fsp3) is 0.0588. The topological polar surface area (TPSA) is 59.4 Å². The molecule has 0 amide bonds. The summed E-state index contributed by atoms with van der Waals surface area (Å²) in [5.74, 6) is -0.128. The Labute approximate surface area is 131 Å². The van der Waals surface area contributed by atoms with Gasteiger partial charge < -0.3 is 9.84 Å². The smallest absolute Gasteiger partial charge is 0.335 e. The molecule has 110 valence electrons. The van der Waals surface area contributed by atoms with Crippen LogP contribution in [0.15, 0.2) is 54.7 Å². The molecule has 0 atom stereocenters. The van der Waals surface area contributed by atoms with Gasteiger partial charge in [0.1, 0.15) is 10.8 Å². The number of ether oxygens (including phenoxy) is 1. The van der Waals surface area contributed by atoms with E-state index in [4.69, 9.17) is 9.84 Å². The number of carboxylic acid groups (broad SMARTS) is 1. The van der Waals surface area contributed by atoms with Crippen LogP contribution in [-0.4, -0.2) is 23.2 Å². The van der Waals surface area contributed by atoms with Crippen molar-refractivity contribution < 1.29 is 14.6 Å². The van der Waals surface area contributed by atoms with Gasteiger partial charge >= 0.3 is 5.97 Å². The van der Waals surface area contributed by atoms with Gasteiger partial charge in [0, 0.05) is 11.8 Å². The standard InChI is InChI=1S/C17H13NO3S/c1-21-14-7-5-11(6-8-14)15-10-18-16(22-15)12-3-2-4-13(9-12)17(19)20/h2-10H,1H3,(H,19,20). The number of carboxylic acids is 1. The van der Waals surface area contributed by atoms with E-state index < -0.39 is 5.97 Å². The van der Waals surface area contributed by atoms with Crippen molar-refractivity contribution in [1.29, 1.82) is 0 Å². The number of hydrogen-bond donors (Lipinski definition) is 1. The van der Waals surface area contributed by atoms with Crippen LogP contribution >= 0.6 is 11.3 Å². The first-order chi connectivity index (χ1) is 10.7. The number of thiazole rings is 1. The molecular formula is C17H13NO3S. The molecule has 0 fully saturated rings. The fourth-order valence-electron chi connectivity index (χ4n) is 2.08. The molecule has 0 unspecified atom stereocenters. The summed E-state index contributed by atoms with van der Waals surface area (Å²) in [4.78, 5) is 16.5. The Morgan fingerprint density at radius 2 is 1.91 bits per heavy atom. The van der Waals surface area contributed by atoms with Gasteiger partial charge in [0.2, 0.25) is 0 Å². The number of carbonyl (C=O) groups is 1. The molecule has 0 aliphatic carbocycles. The van der Waals surface area contributed by atoms with Gasteiger partial charge in [0.15, 0.2) is 0 Å². The molecule has 1 aromatic heterocycles. The van der Waals surface area contributed by atoms with E-state index in [2.05, 4.69) is 4.98 Å². The van der Waals surface area contributed by atoms with E-state index in [0.29, 0.717) is 0 Å². The van der Waals surface area contributed by atoms with E-state index in [0.717, 1.165) is 26.8 Å². The number of hydrogen-bond acceptors (Lipinski definition) is 4. The number of methoxy groups -OCH3 is 1. The number of aromatic carboxylic acids is 1. The quantitative estimate of drug-likeness (QED) is 0.785. The third-order valence-electron chi connectivity index (χ3n) is 3.24. The summed E-state index contributed by atoms with van der Waals surface area (Å²) in [6.45, 7) is 0. The first-order valence-electron chi connectivity index (χ1n) is 6.61. The SMILES string of the molecule is COc1ccc(-c2cnc(-c3cccc(C(=O)O)c3)s2)cc1. The minimum absolute atomic E-state index is 0.263. The van der Waals surface area contributed by atoms with Crippen LogP contribution < -0.4 is 4.74 Å². The summed E-state index contributed by atoms with van der Waals surface area (Å²) in [6, 6.07) is 14.6. The molecule has 3 aromatic rings. The third-order valence-corrected chi connectivity index (χ3v) is 4.33. The minimum Gasteiger partial charge on any atom is -0.497 e. The van der Waals surface area contributed by atoms with Gasteiger partial charge in [-0.3, -0.25) is 0 Å². The lowest BCUT2D eigenvalue weighted by atomic mass is 10.1. The second-order valence-electron chi connectivity index (χ2n) is 4.64. The van der Waals surface area contributed by atoms with E-state index in [-0.39, 0.29) is 5.56 Å². The molecule has 5 heteroatoms. The monoisotopic (exact) mass is 311 g/mol. The van der Waals surface area contributed by atoms with Gasteiger partial charge in [0.05, 0.1) is 17.6 Å². The van der Waals surface area contributed by atoms with Crippen molar-refractivity contribution in [2.24, 2.45) is 0 Å². The van der Waals surface area contributed by atoms with Gasteiger partial charge in [-0.2, -0.15) is 0 Å². The molecule has 1 heterocycles. The zero-order valence-electron chi connectivity index (χ0n) is 11.8. The minimum atomic E-state index is -0.936. The number of benzene rings is 2. The van der Waals surface area contributed by atoms with Gasteiger partial charge in [-0.25, -0.2) is 9.78 Å². The molecule has 0 aliphatic rings. The summed E-state index contributed by atoms with van der Waals surface area (Å²) in [7, 11) is 1.63. The lowest BCUT2D eigenvalue weighted by molar-refractivity contribution is 0.0697. The van der Waals surface area contributed by atoms with E-state index in [1.807, 2.05) is 30.3 Å². The highest BCUT2D eigenvalue weighted by molar-refractivity contribution is 7.18. The van der Waals surface area contributed by atoms with Crippen LogP contribution in [0.3, 0.4) is 0 Å². The lowest BCUT2D eigenvalue weighted by Crippen LogP contribution is -1.95. The number of rotatable bonds is 4. The van der Waals surface area contributed by atoms with Crippen molar-refractivity contribution in [3.05, 3.63) is 60.3 Å². The summed E-state index contributed by atoms with van der Waals surface area (Å²) < 4.78 is 5.15. The van der Waals surface area contributed by atoms with Gasteiger partial charge in [-0.15, -0.1) is 11.3 Å². The predicted molar refractivity (Wildman–Crippen MR) is 86.5 cm³/mol. The Kier molecular flexibility index (Phi) is 3.89. The first-order valence-corrected chi connectivity index (χ1v) is 7.43. The maximum Gasteiger partial charge on any atom is 0.335 e. The largest absolute Gasteiger partial charge is 0.497 e. The van der Waals surface area contributed by atoms with Crippen molar-refractivity contribution in [3.8, 4) is 26.8 Å². The zero-order chi connectivity index (χ0) is 15.5. The summed E-state index contributed by atoms with van der Waals surface area (Å²) in [5, 5.41) is 9.86. The molecule has 22 heavy (non-hydrogen) atoms. The van der Waals surface area contributed by atoms with Crippen molar-refractivity contribution in [3.63, 3.8) is 0 Å². The van der Waals surface area contributed by atoms with Gasteiger partial charge in [-0.1, -0.05) is 12.1 Å². The molecule has 3 rings (SSSR count). The van der Waals surface area contributed by atoms with E-state index in [1.165, 1.54) is 11.3 Å². The van der Waals surface area contributed by atoms with Crippen LogP contribution in [0.5, 0.6) is 5.75 Å². The first kappa shape index (κ1) is 14.3. The average molecular weight is 311 g/mol. The number of nitrogens with zero attached hydrogens (tertiary/aromatic N) is 1. The Balaban J connectivity index is 1.93. The fourth-order valence-corrected chi connectivity index (χ4v) is 3.00. The molecule has 0 spiro atoms. The van der Waals surface area contributed by atoms with E-state index >= 15 is 0 Å². The molecule has 0 bridgehead atoms. The van der Waals surface area contributed by atoms with Crippen molar-refractivity contribution in [1.82, 2.24) is 4.98 Å². The van der Waals surface area contributed by atoms with Gasteiger partial charge in [-0.05, 0) is 42.0 Å². The Hall–Kier alpha value is -2.66. The molecule has 0 radical (unpaired) electrons. The average Bonchev–Trinajstić information content (AvgIpc) is 3.05. The number of aromatic nitrogens is 1. The normalized spacial score (nSPS) is 10.4. The molecule has 2 aromatic carbocycles. The highest BCUT2D eigenvalue weighted by Crippen LogP contribution is 2.33. The Morgan fingerprint density at radius 3 is 2.59 bits per heavy atom. The third kappa shape index (κ3) is 2.84. The van der Waals surface area contributed by atoms with Crippen LogP contribution in [0.2, 0.25) is 0 Å². The second kappa shape index (κ2) is 5.99. The van der Waals surface area contributed by atoms with Gasteiger partial charge in [0.25, 0.3) is 0 Å². The Morgan fingerprint density at radius 1 is 1.14 bits per heavy atom. The second-order valence-corrected chi connectivity index (χ2v) is 5.67. The molecule has 0 saturated carbocycles. The van der Waals surface area contributed by atoms with Crippen molar-refractivity contribution in [2.45, 2.75) is 0 Å². The maximum absolute atomic E-state index is 11.0. The molecular weight excluding hydrogens is 298 g/mol. The van der Waals surface area contributed by atoms with Crippen LogP contribution in [-0.2, 0) is 0 Å². The highest BCUT2D eigenvalue weighted by Gasteiger charge is 2.09. The summed E-state index contributed by atoms with van der Waals surface area (Å²) in [5.41, 5.74) is 2.13. The molecule has 4 nitrogen and oxygen atoms in total. The van der Waals surface area contributed by atoms with Crippen LogP contribution in [0.4, 0.5) is 0 Å². The van der Waals surface area contributed by atoms with Crippen LogP contribution in [0, 0.1) is 0 Å². The molecule has 0 aliphatic heterocycles. The van der Waals surface area contributed by atoms with Crippen LogP contribution in [0.1, 0.15) is 10.4 Å². The van der Waals surface area contributed by atoms with Crippen LogP contribution in [0.25, 0.3) is 21.0 Å². The maximum atomic E-state index is 11.0. The van der Waals surface area contributed by atoms with Crippen molar-refractivity contribution in [2.75, 3.05) is 7.11 Å². The molecule has 0 saturated heterocycles. The lowest BCUT2D eigenvalue weighted by Gasteiger charge is -2.00. The summed E-state index contributed by atoms with van der Waals surface area (Å²) in [6.07, 6.45) is 1.80. The Bertz CT molecular complexity index is 809. The van der Waals surface area contributed by atoms with Crippen molar-refractivity contribution >= 4 is 17.3 Å². The predicted octanol–water partition coefficient (Wildman–Crippen LogP) is 4.18.